The predicted molar refractivity (Wildman–Crippen MR) is 68.1 cm³/mol. The summed E-state index contributed by atoms with van der Waals surface area (Å²) in [6.07, 6.45) is -4.88. The number of thiophene rings is 1. The van der Waals surface area contributed by atoms with Crippen LogP contribution in [0.5, 0.6) is 5.75 Å². The van der Waals surface area contributed by atoms with Crippen molar-refractivity contribution in [2.75, 3.05) is 0 Å². The van der Waals surface area contributed by atoms with Gasteiger partial charge in [-0.3, -0.25) is 0 Å². The van der Waals surface area contributed by atoms with Gasteiger partial charge in [0.2, 0.25) is 0 Å². The van der Waals surface area contributed by atoms with Gasteiger partial charge in [0, 0.05) is 4.88 Å². The number of halogens is 3. The molecular formula is C13H6F3NO3S. The highest BCUT2D eigenvalue weighted by Gasteiger charge is 2.32. The van der Waals surface area contributed by atoms with E-state index in [4.69, 9.17) is 10.4 Å². The maximum atomic E-state index is 12.2. The van der Waals surface area contributed by atoms with Gasteiger partial charge in [0.05, 0.1) is 5.56 Å². The van der Waals surface area contributed by atoms with Crippen LogP contribution in [-0.2, 0) is 0 Å². The number of ether oxygens (including phenoxy) is 1. The van der Waals surface area contributed by atoms with Crippen LogP contribution in [-0.4, -0.2) is 17.4 Å². The topological polar surface area (TPSA) is 70.3 Å². The molecule has 0 saturated heterocycles. The predicted octanol–water partition coefficient (Wildman–Crippen LogP) is 3.88. The third kappa shape index (κ3) is 3.52. The molecule has 1 heterocycles. The quantitative estimate of drug-likeness (QED) is 0.933. The van der Waals surface area contributed by atoms with Crippen LogP contribution in [0.25, 0.3) is 10.4 Å². The van der Waals surface area contributed by atoms with E-state index in [-0.39, 0.29) is 10.4 Å². The molecule has 0 saturated carbocycles. The standard InChI is InChI=1S/C13H6F3NO3S/c14-13(15,16)20-9-2-1-7(5-8(9)6-17)10-3-4-11(21-10)12(18)19/h1-5H,(H,18,19). The lowest BCUT2D eigenvalue weighted by Gasteiger charge is -2.10. The molecule has 21 heavy (non-hydrogen) atoms. The Labute approximate surface area is 120 Å². The van der Waals surface area contributed by atoms with Gasteiger partial charge in [-0.15, -0.1) is 24.5 Å². The summed E-state index contributed by atoms with van der Waals surface area (Å²) in [5.74, 6) is -1.69. The highest BCUT2D eigenvalue weighted by Crippen LogP contribution is 2.33. The largest absolute Gasteiger partial charge is 0.573 e. The van der Waals surface area contributed by atoms with Crippen LogP contribution in [0.2, 0.25) is 0 Å². The minimum Gasteiger partial charge on any atom is -0.477 e. The van der Waals surface area contributed by atoms with Gasteiger partial charge in [0.15, 0.2) is 0 Å². The molecule has 0 aliphatic rings. The fraction of sp³-hybridized carbons (Fsp3) is 0.0769. The molecule has 1 aromatic carbocycles. The molecule has 0 unspecified atom stereocenters. The van der Waals surface area contributed by atoms with Crippen LogP contribution in [0.3, 0.4) is 0 Å². The molecule has 0 amide bonds. The Kier molecular flexibility index (Phi) is 3.86. The summed E-state index contributed by atoms with van der Waals surface area (Å²) < 4.78 is 40.3. The number of aromatic carboxylic acids is 1. The van der Waals surface area contributed by atoms with Crippen molar-refractivity contribution in [3.8, 4) is 22.3 Å². The van der Waals surface area contributed by atoms with Gasteiger partial charge in [-0.2, -0.15) is 5.26 Å². The zero-order valence-electron chi connectivity index (χ0n) is 10.1. The van der Waals surface area contributed by atoms with Crippen molar-refractivity contribution in [2.24, 2.45) is 0 Å². The average Bonchev–Trinajstić information content (AvgIpc) is 2.87. The van der Waals surface area contributed by atoms with Gasteiger partial charge in [-0.1, -0.05) is 0 Å². The number of carbonyl (C=O) groups is 1. The number of alkyl halides is 3. The zero-order valence-corrected chi connectivity index (χ0v) is 11.0. The SMILES string of the molecule is N#Cc1cc(-c2ccc(C(=O)O)s2)ccc1OC(F)(F)F. The van der Waals surface area contributed by atoms with Gasteiger partial charge < -0.3 is 9.84 Å². The maximum absolute atomic E-state index is 12.2. The number of carboxylic acids is 1. The minimum absolute atomic E-state index is 0.0964. The fourth-order valence-electron chi connectivity index (χ4n) is 1.59. The molecule has 0 radical (unpaired) electrons. The van der Waals surface area contributed by atoms with Gasteiger partial charge in [-0.25, -0.2) is 4.79 Å². The van der Waals surface area contributed by atoms with Crippen LogP contribution in [0, 0.1) is 11.3 Å². The molecule has 0 fully saturated rings. The number of carboxylic acid groups (broad SMARTS) is 1. The van der Waals surface area contributed by atoms with Crippen molar-refractivity contribution in [3.63, 3.8) is 0 Å². The van der Waals surface area contributed by atoms with Crippen LogP contribution >= 0.6 is 11.3 Å². The summed E-state index contributed by atoms with van der Waals surface area (Å²) in [7, 11) is 0. The fourth-order valence-corrected chi connectivity index (χ4v) is 2.43. The first-order valence-electron chi connectivity index (χ1n) is 5.43. The van der Waals surface area contributed by atoms with E-state index >= 15 is 0 Å². The Morgan fingerprint density at radius 1 is 1.29 bits per heavy atom. The first-order chi connectivity index (χ1) is 9.80. The van der Waals surface area contributed by atoms with Crippen molar-refractivity contribution in [3.05, 3.63) is 40.8 Å². The smallest absolute Gasteiger partial charge is 0.477 e. The summed E-state index contributed by atoms with van der Waals surface area (Å²) in [5.41, 5.74) is 0.161. The second kappa shape index (κ2) is 5.46. The van der Waals surface area contributed by atoms with E-state index in [1.165, 1.54) is 24.3 Å². The Hall–Kier alpha value is -2.53. The number of hydrogen-bond acceptors (Lipinski definition) is 4. The van der Waals surface area contributed by atoms with Crippen LogP contribution in [0.15, 0.2) is 30.3 Å². The Morgan fingerprint density at radius 2 is 2.00 bits per heavy atom. The molecule has 2 aromatic rings. The van der Waals surface area contributed by atoms with Gasteiger partial charge >= 0.3 is 12.3 Å². The molecule has 1 aromatic heterocycles. The molecule has 2 rings (SSSR count). The van der Waals surface area contributed by atoms with Crippen molar-refractivity contribution in [1.82, 2.24) is 0 Å². The molecule has 0 spiro atoms. The van der Waals surface area contributed by atoms with E-state index in [1.807, 2.05) is 0 Å². The number of nitriles is 1. The summed E-state index contributed by atoms with van der Waals surface area (Å²) >= 11 is 0.960. The Balaban J connectivity index is 2.39. The van der Waals surface area contributed by atoms with E-state index in [1.54, 1.807) is 6.07 Å². The Bertz CT molecular complexity index is 731. The van der Waals surface area contributed by atoms with Crippen molar-refractivity contribution in [2.45, 2.75) is 6.36 Å². The van der Waals surface area contributed by atoms with Gasteiger partial charge in [0.25, 0.3) is 0 Å². The molecule has 0 aliphatic heterocycles. The monoisotopic (exact) mass is 313 g/mol. The maximum Gasteiger partial charge on any atom is 0.573 e. The lowest BCUT2D eigenvalue weighted by molar-refractivity contribution is -0.274. The summed E-state index contributed by atoms with van der Waals surface area (Å²) in [6, 6.07) is 8.11. The third-order valence-electron chi connectivity index (χ3n) is 2.43. The Morgan fingerprint density at radius 3 is 2.52 bits per heavy atom. The van der Waals surface area contributed by atoms with Crippen LogP contribution < -0.4 is 4.74 Å². The summed E-state index contributed by atoms with van der Waals surface area (Å²) in [4.78, 5) is 11.4. The lowest BCUT2D eigenvalue weighted by atomic mass is 10.1. The number of hydrogen-bond donors (Lipinski definition) is 1. The molecule has 0 aliphatic carbocycles. The van der Waals surface area contributed by atoms with Crippen LogP contribution in [0.1, 0.15) is 15.2 Å². The number of nitrogens with zero attached hydrogens (tertiary/aromatic N) is 1. The van der Waals surface area contributed by atoms with E-state index in [0.717, 1.165) is 17.4 Å². The normalized spacial score (nSPS) is 11.0. The van der Waals surface area contributed by atoms with E-state index in [9.17, 15) is 18.0 Å². The molecule has 4 nitrogen and oxygen atoms in total. The van der Waals surface area contributed by atoms with Gasteiger partial charge in [0.1, 0.15) is 16.7 Å². The molecule has 0 atom stereocenters. The first kappa shape index (κ1) is 14.9. The van der Waals surface area contributed by atoms with Crippen molar-refractivity contribution < 1.29 is 27.8 Å². The highest BCUT2D eigenvalue weighted by molar-refractivity contribution is 7.17. The molecule has 108 valence electrons. The molecule has 0 bridgehead atoms. The molecule has 1 N–H and O–H groups in total. The van der Waals surface area contributed by atoms with E-state index in [0.29, 0.717) is 10.4 Å². The average molecular weight is 313 g/mol. The van der Waals surface area contributed by atoms with E-state index in [2.05, 4.69) is 4.74 Å². The first-order valence-corrected chi connectivity index (χ1v) is 6.25. The highest BCUT2D eigenvalue weighted by atomic mass is 32.1. The number of rotatable bonds is 3. The minimum atomic E-state index is -4.88. The number of benzene rings is 1. The molecule has 8 heteroatoms. The van der Waals surface area contributed by atoms with Gasteiger partial charge in [-0.05, 0) is 35.9 Å². The lowest BCUT2D eigenvalue weighted by Crippen LogP contribution is -2.17. The zero-order chi connectivity index (χ0) is 15.6. The molecular weight excluding hydrogens is 307 g/mol. The third-order valence-corrected chi connectivity index (χ3v) is 3.55. The van der Waals surface area contributed by atoms with Crippen molar-refractivity contribution in [1.29, 1.82) is 5.26 Å². The second-order valence-electron chi connectivity index (χ2n) is 3.84. The summed E-state index contributed by atoms with van der Waals surface area (Å²) in [5, 5.41) is 17.7. The second-order valence-corrected chi connectivity index (χ2v) is 4.92. The summed E-state index contributed by atoms with van der Waals surface area (Å²) in [6.45, 7) is 0. The van der Waals surface area contributed by atoms with Crippen molar-refractivity contribution >= 4 is 17.3 Å². The van der Waals surface area contributed by atoms with Crippen LogP contribution in [0.4, 0.5) is 13.2 Å². The van der Waals surface area contributed by atoms with E-state index < -0.39 is 18.1 Å².